The molecule has 7 heteroatoms. The number of hydrogen-bond acceptors (Lipinski definition) is 2. The van der Waals surface area contributed by atoms with Crippen LogP contribution in [-0.2, 0) is 16.6 Å². The van der Waals surface area contributed by atoms with Gasteiger partial charge in [0.1, 0.15) is 11.6 Å². The molecule has 0 bridgehead atoms. The van der Waals surface area contributed by atoms with Gasteiger partial charge in [-0.05, 0) is 24.3 Å². The molecule has 0 atom stereocenters. The van der Waals surface area contributed by atoms with Crippen LogP contribution in [-0.4, -0.2) is 8.42 Å². The Kier molecular flexibility index (Phi) is 4.37. The van der Waals surface area contributed by atoms with E-state index in [0.717, 1.165) is 12.1 Å². The number of halogens is 3. The highest BCUT2D eigenvalue weighted by Gasteiger charge is 2.17. The van der Waals surface area contributed by atoms with Gasteiger partial charge in [-0.15, -0.1) is 0 Å². The molecule has 0 radical (unpaired) electrons. The van der Waals surface area contributed by atoms with E-state index < -0.39 is 33.8 Å². The quantitative estimate of drug-likeness (QED) is 0.881. The minimum atomic E-state index is -3.83. The Balaban J connectivity index is 2.24. The minimum absolute atomic E-state index is 0.0165. The largest absolute Gasteiger partial charge is 0.240 e. The molecule has 20 heavy (non-hydrogen) atoms. The fraction of sp³-hybridized carbons (Fsp3) is 0.0769. The molecule has 0 saturated carbocycles. The SMILES string of the molecule is O=S(=O)(NCc1c(F)ccc(Cl)c1F)c1ccccc1. The first-order valence-corrected chi connectivity index (χ1v) is 7.45. The Hall–Kier alpha value is -1.50. The molecule has 2 aromatic carbocycles. The van der Waals surface area contributed by atoms with Crippen molar-refractivity contribution in [3.63, 3.8) is 0 Å². The third-order valence-corrected chi connectivity index (χ3v) is 4.34. The van der Waals surface area contributed by atoms with Crippen molar-refractivity contribution in [3.05, 3.63) is 64.7 Å². The fourth-order valence-corrected chi connectivity index (χ4v) is 2.77. The van der Waals surface area contributed by atoms with Crippen LogP contribution in [0.15, 0.2) is 47.4 Å². The van der Waals surface area contributed by atoms with Crippen molar-refractivity contribution in [2.75, 3.05) is 0 Å². The second-order valence-electron chi connectivity index (χ2n) is 3.96. The van der Waals surface area contributed by atoms with Gasteiger partial charge in [-0.3, -0.25) is 0 Å². The molecule has 106 valence electrons. The van der Waals surface area contributed by atoms with E-state index >= 15 is 0 Å². The Bertz CT molecular complexity index is 721. The first kappa shape index (κ1) is 14.9. The number of hydrogen-bond donors (Lipinski definition) is 1. The maximum atomic E-state index is 13.6. The second kappa shape index (κ2) is 5.87. The maximum absolute atomic E-state index is 13.6. The van der Waals surface area contributed by atoms with Crippen LogP contribution in [0.3, 0.4) is 0 Å². The molecule has 0 saturated heterocycles. The van der Waals surface area contributed by atoms with E-state index in [0.29, 0.717) is 0 Å². The highest BCUT2D eigenvalue weighted by Crippen LogP contribution is 2.21. The van der Waals surface area contributed by atoms with Crippen molar-refractivity contribution in [1.82, 2.24) is 4.72 Å². The smallest absolute Gasteiger partial charge is 0.207 e. The van der Waals surface area contributed by atoms with Crippen molar-refractivity contribution in [2.45, 2.75) is 11.4 Å². The Morgan fingerprint density at radius 3 is 2.35 bits per heavy atom. The third-order valence-electron chi connectivity index (χ3n) is 2.63. The molecule has 0 aliphatic rings. The Morgan fingerprint density at radius 1 is 1.05 bits per heavy atom. The van der Waals surface area contributed by atoms with E-state index in [4.69, 9.17) is 11.6 Å². The van der Waals surface area contributed by atoms with Crippen LogP contribution in [0.1, 0.15) is 5.56 Å². The lowest BCUT2D eigenvalue weighted by atomic mass is 10.2. The fourth-order valence-electron chi connectivity index (χ4n) is 1.58. The highest BCUT2D eigenvalue weighted by molar-refractivity contribution is 7.89. The van der Waals surface area contributed by atoms with Gasteiger partial charge in [0, 0.05) is 12.1 Å². The Labute approximate surface area is 120 Å². The van der Waals surface area contributed by atoms with E-state index in [1.807, 2.05) is 0 Å². The molecule has 0 spiro atoms. The molecule has 0 aliphatic heterocycles. The average Bonchev–Trinajstić information content (AvgIpc) is 2.44. The number of sulfonamides is 1. The molecular weight excluding hydrogens is 308 g/mol. The third kappa shape index (κ3) is 3.15. The summed E-state index contributed by atoms with van der Waals surface area (Å²) in [5.74, 6) is -1.83. The summed E-state index contributed by atoms with van der Waals surface area (Å²) in [4.78, 5) is 0.0165. The van der Waals surface area contributed by atoms with Crippen LogP contribution < -0.4 is 4.72 Å². The zero-order valence-corrected chi connectivity index (χ0v) is 11.7. The van der Waals surface area contributed by atoms with Crippen molar-refractivity contribution < 1.29 is 17.2 Å². The molecule has 0 heterocycles. The molecule has 0 unspecified atom stereocenters. The van der Waals surface area contributed by atoms with Crippen molar-refractivity contribution in [2.24, 2.45) is 0 Å². The summed E-state index contributed by atoms with van der Waals surface area (Å²) in [5, 5.41) is -0.264. The predicted octanol–water partition coefficient (Wildman–Crippen LogP) is 3.10. The van der Waals surface area contributed by atoms with Gasteiger partial charge in [0.15, 0.2) is 0 Å². The van der Waals surface area contributed by atoms with Crippen LogP contribution >= 0.6 is 11.6 Å². The van der Waals surface area contributed by atoms with Gasteiger partial charge in [0.25, 0.3) is 0 Å². The normalized spacial score (nSPS) is 11.6. The van der Waals surface area contributed by atoms with Crippen molar-refractivity contribution in [3.8, 4) is 0 Å². The molecule has 2 rings (SSSR count). The number of nitrogens with one attached hydrogen (secondary N) is 1. The molecule has 1 N–H and O–H groups in total. The molecule has 0 aliphatic carbocycles. The van der Waals surface area contributed by atoms with Crippen LogP contribution in [0.25, 0.3) is 0 Å². The van der Waals surface area contributed by atoms with Gasteiger partial charge in [-0.25, -0.2) is 21.9 Å². The number of benzene rings is 2. The first-order valence-electron chi connectivity index (χ1n) is 5.59. The lowest BCUT2D eigenvalue weighted by Crippen LogP contribution is -2.24. The Morgan fingerprint density at radius 2 is 1.70 bits per heavy atom. The summed E-state index contributed by atoms with van der Waals surface area (Å²) in [6, 6.07) is 9.58. The van der Waals surface area contributed by atoms with Crippen LogP contribution in [0.4, 0.5) is 8.78 Å². The van der Waals surface area contributed by atoms with E-state index in [1.54, 1.807) is 18.2 Å². The van der Waals surface area contributed by atoms with E-state index in [2.05, 4.69) is 4.72 Å². The van der Waals surface area contributed by atoms with Gasteiger partial charge in [-0.2, -0.15) is 0 Å². The molecule has 0 amide bonds. The van der Waals surface area contributed by atoms with Crippen molar-refractivity contribution in [1.29, 1.82) is 0 Å². The van der Waals surface area contributed by atoms with Crippen LogP contribution in [0.5, 0.6) is 0 Å². The first-order chi connectivity index (χ1) is 9.42. The standard InChI is InChI=1S/C13H10ClF2NO2S/c14-11-6-7-12(15)10(13(11)16)8-17-20(18,19)9-4-2-1-3-5-9/h1-7,17H,8H2. The van der Waals surface area contributed by atoms with Gasteiger partial charge >= 0.3 is 0 Å². The topological polar surface area (TPSA) is 46.2 Å². The predicted molar refractivity (Wildman–Crippen MR) is 71.8 cm³/mol. The van der Waals surface area contributed by atoms with Gasteiger partial charge in [-0.1, -0.05) is 29.8 Å². The zero-order valence-electron chi connectivity index (χ0n) is 10.1. The second-order valence-corrected chi connectivity index (χ2v) is 6.13. The van der Waals surface area contributed by atoms with Crippen LogP contribution in [0.2, 0.25) is 5.02 Å². The maximum Gasteiger partial charge on any atom is 0.240 e. The number of rotatable bonds is 4. The van der Waals surface area contributed by atoms with Gasteiger partial charge in [0.05, 0.1) is 9.92 Å². The molecule has 0 aromatic heterocycles. The summed E-state index contributed by atoms with van der Waals surface area (Å²) in [6.45, 7) is -0.518. The summed E-state index contributed by atoms with van der Waals surface area (Å²) < 4.78 is 53.1. The molecule has 0 fully saturated rings. The van der Waals surface area contributed by atoms with E-state index in [1.165, 1.54) is 12.1 Å². The average molecular weight is 318 g/mol. The molecule has 3 nitrogen and oxygen atoms in total. The van der Waals surface area contributed by atoms with E-state index in [-0.39, 0.29) is 9.92 Å². The summed E-state index contributed by atoms with van der Waals surface area (Å²) in [5.41, 5.74) is -0.419. The molecule has 2 aromatic rings. The molecular formula is C13H10ClF2NO2S. The zero-order chi connectivity index (χ0) is 14.8. The summed E-state index contributed by atoms with van der Waals surface area (Å²) >= 11 is 5.53. The lowest BCUT2D eigenvalue weighted by molar-refractivity contribution is 0.544. The van der Waals surface area contributed by atoms with Crippen molar-refractivity contribution >= 4 is 21.6 Å². The van der Waals surface area contributed by atoms with Gasteiger partial charge in [0.2, 0.25) is 10.0 Å². The van der Waals surface area contributed by atoms with Gasteiger partial charge < -0.3 is 0 Å². The summed E-state index contributed by atoms with van der Waals surface area (Å²) in [6.07, 6.45) is 0. The monoisotopic (exact) mass is 317 g/mol. The minimum Gasteiger partial charge on any atom is -0.207 e. The lowest BCUT2D eigenvalue weighted by Gasteiger charge is -2.09. The summed E-state index contributed by atoms with van der Waals surface area (Å²) in [7, 11) is -3.83. The van der Waals surface area contributed by atoms with Crippen LogP contribution in [0, 0.1) is 11.6 Å². The van der Waals surface area contributed by atoms with E-state index in [9.17, 15) is 17.2 Å². The highest BCUT2D eigenvalue weighted by atomic mass is 35.5.